The molecule has 2 aliphatic heterocycles. The number of piperidine rings is 1. The molecule has 2 aliphatic rings. The largest absolute Gasteiger partial charge is 0.496 e. The SMILES string of the molecule is COc1ccc(NS(=O)(=O)c2ccc(Cl)cc2)cc1C(=O)CCCCN1CCC2(CC1)NC(=O)NC2=O.Cl. The highest BCUT2D eigenvalue weighted by Crippen LogP contribution is 2.28. The summed E-state index contributed by atoms with van der Waals surface area (Å²) in [6, 6.07) is 9.94. The van der Waals surface area contributed by atoms with Crippen LogP contribution in [0.4, 0.5) is 10.5 Å². The number of anilines is 1. The Balaban J connectivity index is 0.00000400. The van der Waals surface area contributed by atoms with Crippen molar-refractivity contribution in [1.82, 2.24) is 15.5 Å². The van der Waals surface area contributed by atoms with E-state index in [-0.39, 0.29) is 41.1 Å². The molecule has 38 heavy (non-hydrogen) atoms. The van der Waals surface area contributed by atoms with Crippen molar-refractivity contribution >= 4 is 57.4 Å². The number of sulfonamides is 1. The van der Waals surface area contributed by atoms with E-state index in [1.54, 1.807) is 12.1 Å². The molecule has 0 saturated carbocycles. The van der Waals surface area contributed by atoms with Crippen LogP contribution >= 0.6 is 24.0 Å². The van der Waals surface area contributed by atoms with E-state index in [2.05, 4.69) is 20.3 Å². The molecule has 2 aromatic carbocycles. The Labute approximate surface area is 232 Å². The van der Waals surface area contributed by atoms with Crippen LogP contribution in [-0.4, -0.2) is 63.3 Å². The highest BCUT2D eigenvalue weighted by atomic mass is 35.5. The second kappa shape index (κ2) is 12.3. The van der Waals surface area contributed by atoms with Crippen LogP contribution in [0.1, 0.15) is 42.5 Å². The zero-order chi connectivity index (χ0) is 26.6. The lowest BCUT2D eigenvalue weighted by molar-refractivity contribution is -0.125. The number of unbranched alkanes of at least 4 members (excludes halogenated alkanes) is 1. The lowest BCUT2D eigenvalue weighted by Gasteiger charge is -2.36. The highest BCUT2D eigenvalue weighted by Gasteiger charge is 2.47. The van der Waals surface area contributed by atoms with Gasteiger partial charge in [0, 0.05) is 30.2 Å². The van der Waals surface area contributed by atoms with E-state index in [9.17, 15) is 22.8 Å². The van der Waals surface area contributed by atoms with Gasteiger partial charge in [0.15, 0.2) is 5.78 Å². The van der Waals surface area contributed by atoms with Gasteiger partial charge in [-0.15, -0.1) is 12.4 Å². The third kappa shape index (κ3) is 6.76. The summed E-state index contributed by atoms with van der Waals surface area (Å²) in [7, 11) is -2.40. The molecule has 1 spiro atoms. The Morgan fingerprint density at radius 1 is 1.11 bits per heavy atom. The van der Waals surface area contributed by atoms with Crippen LogP contribution in [0.2, 0.25) is 5.02 Å². The van der Waals surface area contributed by atoms with Gasteiger partial charge in [-0.1, -0.05) is 11.6 Å². The smallest absolute Gasteiger partial charge is 0.322 e. The molecule has 2 aromatic rings. The number of nitrogens with one attached hydrogen (secondary N) is 3. The Kier molecular flexibility index (Phi) is 9.64. The van der Waals surface area contributed by atoms with E-state index in [1.165, 1.54) is 37.4 Å². The predicted molar refractivity (Wildman–Crippen MR) is 146 cm³/mol. The molecular formula is C25H30Cl2N4O6S. The zero-order valence-electron chi connectivity index (χ0n) is 20.8. The average Bonchev–Trinajstić information content (AvgIpc) is 3.14. The first-order chi connectivity index (χ1) is 17.6. The van der Waals surface area contributed by atoms with Crippen molar-refractivity contribution in [3.05, 3.63) is 53.1 Å². The fourth-order valence-electron chi connectivity index (χ4n) is 4.61. The number of halogens is 2. The van der Waals surface area contributed by atoms with Crippen LogP contribution in [-0.2, 0) is 14.8 Å². The summed E-state index contributed by atoms with van der Waals surface area (Å²) in [4.78, 5) is 38.8. The predicted octanol–water partition coefficient (Wildman–Crippen LogP) is 3.60. The fraction of sp³-hybridized carbons (Fsp3) is 0.400. The number of likely N-dealkylation sites (tertiary alicyclic amines) is 1. The summed E-state index contributed by atoms with van der Waals surface area (Å²) in [6.45, 7) is 2.15. The van der Waals surface area contributed by atoms with Gasteiger partial charge in [0.2, 0.25) is 0 Å². The lowest BCUT2D eigenvalue weighted by Crippen LogP contribution is -2.54. The molecule has 0 aromatic heterocycles. The molecule has 3 amide bonds. The van der Waals surface area contributed by atoms with Gasteiger partial charge in [0.05, 0.1) is 17.6 Å². The van der Waals surface area contributed by atoms with Gasteiger partial charge in [0.1, 0.15) is 11.3 Å². The number of ketones is 1. The normalized spacial score (nSPS) is 16.9. The van der Waals surface area contributed by atoms with E-state index < -0.39 is 21.6 Å². The van der Waals surface area contributed by atoms with Gasteiger partial charge in [-0.3, -0.25) is 19.6 Å². The standard InChI is InChI=1S/C25H29ClN4O6S.ClH/c1-36-22-10-7-18(29-37(34,35)19-8-5-17(26)6-9-19)16-20(22)21(31)4-2-3-13-30-14-11-25(12-15-30)23(32)27-24(33)28-25;/h5-10,16,29H,2-4,11-15H2,1H3,(H2,27,28,32,33);1H. The van der Waals surface area contributed by atoms with Gasteiger partial charge in [-0.25, -0.2) is 13.2 Å². The molecule has 0 radical (unpaired) electrons. The Hall–Kier alpha value is -2.86. The topological polar surface area (TPSA) is 134 Å². The zero-order valence-corrected chi connectivity index (χ0v) is 23.2. The monoisotopic (exact) mass is 584 g/mol. The molecule has 2 fully saturated rings. The van der Waals surface area contributed by atoms with Crippen molar-refractivity contribution < 1.29 is 27.5 Å². The molecule has 0 bridgehead atoms. The van der Waals surface area contributed by atoms with Gasteiger partial charge in [-0.2, -0.15) is 0 Å². The number of rotatable bonds is 10. The number of amides is 3. The molecule has 13 heteroatoms. The van der Waals surface area contributed by atoms with Crippen LogP contribution in [0, 0.1) is 0 Å². The maximum absolute atomic E-state index is 13.0. The number of carbonyl (C=O) groups is 3. The maximum atomic E-state index is 13.0. The summed E-state index contributed by atoms with van der Waals surface area (Å²) in [5.41, 5.74) is -0.230. The Morgan fingerprint density at radius 3 is 2.39 bits per heavy atom. The Bertz CT molecular complexity index is 1300. The van der Waals surface area contributed by atoms with Crippen molar-refractivity contribution in [2.75, 3.05) is 31.5 Å². The van der Waals surface area contributed by atoms with Crippen molar-refractivity contribution in [3.63, 3.8) is 0 Å². The second-order valence-corrected chi connectivity index (χ2v) is 11.3. The molecule has 0 atom stereocenters. The van der Waals surface area contributed by atoms with Crippen molar-refractivity contribution in [2.24, 2.45) is 0 Å². The quantitative estimate of drug-likeness (QED) is 0.220. The Morgan fingerprint density at radius 2 is 1.79 bits per heavy atom. The first kappa shape index (κ1) is 29.7. The number of urea groups is 1. The van der Waals surface area contributed by atoms with Crippen LogP contribution < -0.4 is 20.1 Å². The van der Waals surface area contributed by atoms with E-state index in [1.807, 2.05) is 0 Å². The van der Waals surface area contributed by atoms with Gasteiger partial charge in [-0.05, 0) is 74.7 Å². The number of imide groups is 1. The van der Waals surface area contributed by atoms with E-state index in [0.717, 1.165) is 13.0 Å². The molecule has 2 saturated heterocycles. The van der Waals surface area contributed by atoms with E-state index in [4.69, 9.17) is 16.3 Å². The minimum atomic E-state index is -3.85. The number of carbonyl (C=O) groups excluding carboxylic acids is 3. The summed E-state index contributed by atoms with van der Waals surface area (Å²) in [5, 5.41) is 5.49. The molecule has 206 valence electrons. The molecule has 3 N–H and O–H groups in total. The third-order valence-electron chi connectivity index (χ3n) is 6.73. The minimum Gasteiger partial charge on any atom is -0.496 e. The number of benzene rings is 2. The average molecular weight is 586 g/mol. The van der Waals surface area contributed by atoms with E-state index in [0.29, 0.717) is 48.7 Å². The van der Waals surface area contributed by atoms with Gasteiger partial charge in [0.25, 0.3) is 15.9 Å². The van der Waals surface area contributed by atoms with E-state index >= 15 is 0 Å². The lowest BCUT2D eigenvalue weighted by atomic mass is 9.87. The van der Waals surface area contributed by atoms with Gasteiger partial charge < -0.3 is 15.0 Å². The number of ether oxygens (including phenoxy) is 1. The first-order valence-electron chi connectivity index (χ1n) is 12.0. The number of hydrogen-bond acceptors (Lipinski definition) is 7. The molecule has 0 unspecified atom stereocenters. The third-order valence-corrected chi connectivity index (χ3v) is 8.38. The maximum Gasteiger partial charge on any atom is 0.322 e. The highest BCUT2D eigenvalue weighted by molar-refractivity contribution is 7.92. The van der Waals surface area contributed by atoms with Gasteiger partial charge >= 0.3 is 6.03 Å². The molecule has 4 rings (SSSR count). The number of nitrogens with zero attached hydrogens (tertiary/aromatic N) is 1. The molecule has 0 aliphatic carbocycles. The molecular weight excluding hydrogens is 555 g/mol. The summed E-state index contributed by atoms with van der Waals surface area (Å²) in [6.07, 6.45) is 2.81. The first-order valence-corrected chi connectivity index (χ1v) is 13.8. The number of Topliss-reactive ketones (excluding diaryl/α,β-unsaturated/α-hetero) is 1. The van der Waals surface area contributed by atoms with Crippen molar-refractivity contribution in [1.29, 1.82) is 0 Å². The summed E-state index contributed by atoms with van der Waals surface area (Å²) < 4.78 is 33.2. The van der Waals surface area contributed by atoms with Crippen LogP contribution in [0.25, 0.3) is 0 Å². The minimum absolute atomic E-state index is 0. The molecule has 2 heterocycles. The van der Waals surface area contributed by atoms with Crippen LogP contribution in [0.3, 0.4) is 0 Å². The second-order valence-electron chi connectivity index (χ2n) is 9.19. The van der Waals surface area contributed by atoms with Crippen molar-refractivity contribution in [3.8, 4) is 5.75 Å². The summed E-state index contributed by atoms with van der Waals surface area (Å²) >= 11 is 5.85. The fourth-order valence-corrected chi connectivity index (χ4v) is 5.79. The summed E-state index contributed by atoms with van der Waals surface area (Å²) in [5.74, 6) is -0.0284. The number of methoxy groups -OCH3 is 1. The molecule has 10 nitrogen and oxygen atoms in total. The van der Waals surface area contributed by atoms with Crippen molar-refractivity contribution in [2.45, 2.75) is 42.5 Å². The van der Waals surface area contributed by atoms with Crippen LogP contribution in [0.5, 0.6) is 5.75 Å². The number of hydrogen-bond donors (Lipinski definition) is 3. The van der Waals surface area contributed by atoms with Crippen LogP contribution in [0.15, 0.2) is 47.4 Å².